The Morgan fingerprint density at radius 3 is 2.61 bits per heavy atom. The molecule has 0 radical (unpaired) electrons. The van der Waals surface area contributed by atoms with Crippen LogP contribution in [-0.2, 0) is 11.3 Å². The van der Waals surface area contributed by atoms with Crippen molar-refractivity contribution < 1.29 is 4.74 Å². The van der Waals surface area contributed by atoms with E-state index < -0.39 is 0 Å². The van der Waals surface area contributed by atoms with Crippen LogP contribution >= 0.6 is 0 Å². The number of ether oxygens (including phenoxy) is 1. The highest BCUT2D eigenvalue weighted by Gasteiger charge is 2.16. The van der Waals surface area contributed by atoms with Crippen molar-refractivity contribution in [3.63, 3.8) is 0 Å². The molecule has 0 amide bonds. The van der Waals surface area contributed by atoms with Gasteiger partial charge in [-0.15, -0.1) is 0 Å². The number of nitrogens with one attached hydrogen (secondary N) is 1. The van der Waals surface area contributed by atoms with Crippen LogP contribution in [0, 0.1) is 19.3 Å². The monoisotopic (exact) mass is 249 g/mol. The Morgan fingerprint density at radius 1 is 1.22 bits per heavy atom. The molecule has 1 N–H and O–H groups in total. The van der Waals surface area contributed by atoms with E-state index in [-0.39, 0.29) is 5.41 Å². The van der Waals surface area contributed by atoms with E-state index in [9.17, 15) is 0 Å². The van der Waals surface area contributed by atoms with Crippen LogP contribution < -0.4 is 5.32 Å². The van der Waals surface area contributed by atoms with E-state index in [1.54, 1.807) is 7.11 Å². The molecule has 102 valence electrons. The maximum Gasteiger partial charge on any atom is 0.0467 e. The smallest absolute Gasteiger partial charge is 0.0467 e. The average Bonchev–Trinajstić information content (AvgIpc) is 2.32. The molecule has 0 atom stereocenters. The SMILES string of the molecule is COCCC(C)(C)CNCc1cccc(C)c1C. The number of aryl methyl sites for hydroxylation is 1. The summed E-state index contributed by atoms with van der Waals surface area (Å²) in [7, 11) is 1.76. The van der Waals surface area contributed by atoms with Gasteiger partial charge in [0, 0.05) is 26.8 Å². The number of rotatable bonds is 7. The lowest BCUT2D eigenvalue weighted by Gasteiger charge is -2.25. The minimum Gasteiger partial charge on any atom is -0.385 e. The zero-order chi connectivity index (χ0) is 13.6. The Labute approximate surface area is 112 Å². The summed E-state index contributed by atoms with van der Waals surface area (Å²) < 4.78 is 5.15. The van der Waals surface area contributed by atoms with Crippen molar-refractivity contribution in [3.8, 4) is 0 Å². The highest BCUT2D eigenvalue weighted by molar-refractivity contribution is 5.32. The molecule has 2 nitrogen and oxygen atoms in total. The molecule has 1 aromatic carbocycles. The fourth-order valence-electron chi connectivity index (χ4n) is 2.01. The second kappa shape index (κ2) is 6.91. The summed E-state index contributed by atoms with van der Waals surface area (Å²) in [4.78, 5) is 0. The van der Waals surface area contributed by atoms with Gasteiger partial charge in [0.2, 0.25) is 0 Å². The van der Waals surface area contributed by atoms with E-state index in [0.717, 1.165) is 26.1 Å². The van der Waals surface area contributed by atoms with Gasteiger partial charge < -0.3 is 10.1 Å². The molecule has 0 heterocycles. The Hall–Kier alpha value is -0.860. The van der Waals surface area contributed by atoms with E-state index >= 15 is 0 Å². The van der Waals surface area contributed by atoms with Gasteiger partial charge >= 0.3 is 0 Å². The molecule has 18 heavy (non-hydrogen) atoms. The van der Waals surface area contributed by atoms with Crippen LogP contribution in [0.1, 0.15) is 37.0 Å². The van der Waals surface area contributed by atoms with Crippen LogP contribution in [0.25, 0.3) is 0 Å². The van der Waals surface area contributed by atoms with Gasteiger partial charge in [-0.05, 0) is 42.4 Å². The third kappa shape index (κ3) is 4.79. The van der Waals surface area contributed by atoms with E-state index in [0.29, 0.717) is 0 Å². The largest absolute Gasteiger partial charge is 0.385 e. The van der Waals surface area contributed by atoms with Gasteiger partial charge in [0.15, 0.2) is 0 Å². The van der Waals surface area contributed by atoms with Crippen LogP contribution in [0.15, 0.2) is 18.2 Å². The summed E-state index contributed by atoms with van der Waals surface area (Å²) in [5.41, 5.74) is 4.46. The lowest BCUT2D eigenvalue weighted by molar-refractivity contribution is 0.150. The van der Waals surface area contributed by atoms with Crippen LogP contribution in [0.2, 0.25) is 0 Å². The summed E-state index contributed by atoms with van der Waals surface area (Å²) in [6, 6.07) is 6.51. The molecule has 0 unspecified atom stereocenters. The normalized spacial score (nSPS) is 11.8. The third-order valence-electron chi connectivity index (χ3n) is 3.62. The standard InChI is InChI=1S/C16H27NO/c1-13-7-6-8-15(14(13)2)11-17-12-16(3,4)9-10-18-5/h6-8,17H,9-12H2,1-5H3. The van der Waals surface area contributed by atoms with E-state index in [1.165, 1.54) is 16.7 Å². The minimum absolute atomic E-state index is 0.285. The molecular formula is C16H27NO. The molecule has 0 saturated carbocycles. The van der Waals surface area contributed by atoms with Gasteiger partial charge in [-0.3, -0.25) is 0 Å². The molecular weight excluding hydrogens is 222 g/mol. The van der Waals surface area contributed by atoms with Crippen molar-refractivity contribution in [2.24, 2.45) is 5.41 Å². The van der Waals surface area contributed by atoms with Crippen LogP contribution in [0.5, 0.6) is 0 Å². The Bertz CT molecular complexity index is 371. The quantitative estimate of drug-likeness (QED) is 0.799. The average molecular weight is 249 g/mol. The fraction of sp³-hybridized carbons (Fsp3) is 0.625. The molecule has 0 fully saturated rings. The predicted octanol–water partition coefficient (Wildman–Crippen LogP) is 3.46. The summed E-state index contributed by atoms with van der Waals surface area (Å²) in [5.74, 6) is 0. The first kappa shape index (κ1) is 15.2. The number of methoxy groups -OCH3 is 1. The Morgan fingerprint density at radius 2 is 1.94 bits per heavy atom. The third-order valence-corrected chi connectivity index (χ3v) is 3.62. The molecule has 0 saturated heterocycles. The van der Waals surface area contributed by atoms with Gasteiger partial charge in [-0.2, -0.15) is 0 Å². The molecule has 0 aromatic heterocycles. The Balaban J connectivity index is 2.44. The first-order valence-electron chi connectivity index (χ1n) is 6.71. The summed E-state index contributed by atoms with van der Waals surface area (Å²) >= 11 is 0. The lowest BCUT2D eigenvalue weighted by atomic mass is 9.89. The fourth-order valence-corrected chi connectivity index (χ4v) is 2.01. The maximum absolute atomic E-state index is 5.15. The van der Waals surface area contributed by atoms with Crippen LogP contribution in [0.4, 0.5) is 0 Å². The first-order chi connectivity index (χ1) is 8.46. The van der Waals surface area contributed by atoms with Gasteiger partial charge in [0.25, 0.3) is 0 Å². The number of benzene rings is 1. The molecule has 1 aromatic rings. The zero-order valence-corrected chi connectivity index (χ0v) is 12.5. The van der Waals surface area contributed by atoms with Crippen LogP contribution in [0.3, 0.4) is 0 Å². The maximum atomic E-state index is 5.15. The van der Waals surface area contributed by atoms with Gasteiger partial charge in [0.05, 0.1) is 0 Å². The number of hydrogen-bond acceptors (Lipinski definition) is 2. The summed E-state index contributed by atoms with van der Waals surface area (Å²) in [5, 5.41) is 3.56. The van der Waals surface area contributed by atoms with Crippen molar-refractivity contribution in [1.29, 1.82) is 0 Å². The van der Waals surface area contributed by atoms with Crippen molar-refractivity contribution in [1.82, 2.24) is 5.32 Å². The van der Waals surface area contributed by atoms with Gasteiger partial charge in [0.1, 0.15) is 0 Å². The van der Waals surface area contributed by atoms with Gasteiger partial charge in [-0.1, -0.05) is 32.0 Å². The summed E-state index contributed by atoms with van der Waals surface area (Å²) in [6.45, 7) is 11.7. The molecule has 1 rings (SSSR count). The second-order valence-corrected chi connectivity index (χ2v) is 5.87. The first-order valence-corrected chi connectivity index (χ1v) is 6.71. The van der Waals surface area contributed by atoms with E-state index in [1.807, 2.05) is 0 Å². The second-order valence-electron chi connectivity index (χ2n) is 5.87. The van der Waals surface area contributed by atoms with Crippen molar-refractivity contribution >= 4 is 0 Å². The van der Waals surface area contributed by atoms with E-state index in [4.69, 9.17) is 4.74 Å². The molecule has 2 heteroatoms. The molecule has 0 aliphatic rings. The minimum atomic E-state index is 0.285. The topological polar surface area (TPSA) is 21.3 Å². The highest BCUT2D eigenvalue weighted by Crippen LogP contribution is 2.19. The molecule has 0 aliphatic carbocycles. The van der Waals surface area contributed by atoms with Crippen molar-refractivity contribution in [3.05, 3.63) is 34.9 Å². The van der Waals surface area contributed by atoms with Crippen molar-refractivity contribution in [2.45, 2.75) is 40.7 Å². The predicted molar refractivity (Wildman–Crippen MR) is 77.9 cm³/mol. The number of hydrogen-bond donors (Lipinski definition) is 1. The molecule has 0 aliphatic heterocycles. The van der Waals surface area contributed by atoms with Crippen molar-refractivity contribution in [2.75, 3.05) is 20.3 Å². The lowest BCUT2D eigenvalue weighted by Crippen LogP contribution is -2.30. The Kier molecular flexibility index (Phi) is 5.83. The van der Waals surface area contributed by atoms with E-state index in [2.05, 4.69) is 51.2 Å². The molecule has 0 spiro atoms. The molecule has 0 bridgehead atoms. The summed E-state index contributed by atoms with van der Waals surface area (Å²) in [6.07, 6.45) is 1.09. The highest BCUT2D eigenvalue weighted by atomic mass is 16.5. The van der Waals surface area contributed by atoms with Crippen LogP contribution in [-0.4, -0.2) is 20.3 Å². The zero-order valence-electron chi connectivity index (χ0n) is 12.5. The van der Waals surface area contributed by atoms with Gasteiger partial charge in [-0.25, -0.2) is 0 Å².